The molecular formula is C15H17BrN4O. The van der Waals surface area contributed by atoms with E-state index < -0.39 is 0 Å². The van der Waals surface area contributed by atoms with Gasteiger partial charge in [-0.2, -0.15) is 0 Å². The molecule has 21 heavy (non-hydrogen) atoms. The van der Waals surface area contributed by atoms with Gasteiger partial charge in [0.25, 0.3) is 0 Å². The SMILES string of the molecule is CN(CCc1ccccn1)c1ccc(Br)cc1/C(N)=N/O. The quantitative estimate of drug-likeness (QED) is 0.377. The minimum atomic E-state index is 0.0935. The third kappa shape index (κ3) is 3.95. The first-order valence-electron chi connectivity index (χ1n) is 6.50. The molecule has 0 unspecified atom stereocenters. The van der Waals surface area contributed by atoms with Crippen LogP contribution in [-0.2, 0) is 6.42 Å². The second-order valence-electron chi connectivity index (χ2n) is 4.64. The summed E-state index contributed by atoms with van der Waals surface area (Å²) in [4.78, 5) is 6.37. The first-order valence-corrected chi connectivity index (χ1v) is 7.29. The highest BCUT2D eigenvalue weighted by molar-refractivity contribution is 9.10. The van der Waals surface area contributed by atoms with Crippen molar-refractivity contribution in [3.8, 4) is 0 Å². The average Bonchev–Trinajstić information content (AvgIpc) is 2.52. The van der Waals surface area contributed by atoms with Crippen LogP contribution in [0, 0.1) is 0 Å². The molecular weight excluding hydrogens is 332 g/mol. The minimum absolute atomic E-state index is 0.0935. The maximum atomic E-state index is 8.91. The molecule has 0 atom stereocenters. The molecule has 0 aliphatic rings. The lowest BCUT2D eigenvalue weighted by atomic mass is 10.1. The van der Waals surface area contributed by atoms with E-state index in [9.17, 15) is 0 Å². The fourth-order valence-electron chi connectivity index (χ4n) is 2.05. The number of oxime groups is 1. The summed E-state index contributed by atoms with van der Waals surface area (Å²) in [6.45, 7) is 0.782. The summed E-state index contributed by atoms with van der Waals surface area (Å²) in [6, 6.07) is 11.6. The van der Waals surface area contributed by atoms with Crippen molar-refractivity contribution in [2.75, 3.05) is 18.5 Å². The summed E-state index contributed by atoms with van der Waals surface area (Å²) >= 11 is 3.40. The number of hydrogen-bond donors (Lipinski definition) is 2. The number of aromatic nitrogens is 1. The Morgan fingerprint density at radius 3 is 2.86 bits per heavy atom. The van der Waals surface area contributed by atoms with Crippen LogP contribution in [0.5, 0.6) is 0 Å². The number of halogens is 1. The van der Waals surface area contributed by atoms with Gasteiger partial charge in [-0.15, -0.1) is 0 Å². The number of likely N-dealkylation sites (N-methyl/N-ethyl adjacent to an activating group) is 1. The third-order valence-corrected chi connectivity index (χ3v) is 3.68. The molecule has 0 amide bonds. The molecule has 110 valence electrons. The Labute approximate surface area is 132 Å². The van der Waals surface area contributed by atoms with Gasteiger partial charge in [-0.25, -0.2) is 0 Å². The number of nitrogens with two attached hydrogens (primary N) is 1. The molecule has 3 N–H and O–H groups in total. The van der Waals surface area contributed by atoms with Gasteiger partial charge in [-0.1, -0.05) is 27.2 Å². The van der Waals surface area contributed by atoms with Crippen molar-refractivity contribution in [1.82, 2.24) is 4.98 Å². The minimum Gasteiger partial charge on any atom is -0.409 e. The van der Waals surface area contributed by atoms with Crippen LogP contribution in [-0.4, -0.2) is 29.6 Å². The molecule has 0 spiro atoms. The number of anilines is 1. The first kappa shape index (κ1) is 15.3. The van der Waals surface area contributed by atoms with Crippen LogP contribution in [0.3, 0.4) is 0 Å². The Morgan fingerprint density at radius 2 is 2.19 bits per heavy atom. The molecule has 0 radical (unpaired) electrons. The summed E-state index contributed by atoms with van der Waals surface area (Å²) in [6.07, 6.45) is 2.61. The average molecular weight is 349 g/mol. The monoisotopic (exact) mass is 348 g/mol. The van der Waals surface area contributed by atoms with Crippen LogP contribution >= 0.6 is 15.9 Å². The fourth-order valence-corrected chi connectivity index (χ4v) is 2.41. The van der Waals surface area contributed by atoms with E-state index in [-0.39, 0.29) is 5.84 Å². The second-order valence-corrected chi connectivity index (χ2v) is 5.56. The van der Waals surface area contributed by atoms with Crippen molar-refractivity contribution >= 4 is 27.5 Å². The molecule has 0 aliphatic heterocycles. The number of rotatable bonds is 5. The van der Waals surface area contributed by atoms with Crippen LogP contribution in [0.1, 0.15) is 11.3 Å². The van der Waals surface area contributed by atoms with Crippen molar-refractivity contribution in [3.05, 3.63) is 58.3 Å². The van der Waals surface area contributed by atoms with E-state index in [1.807, 2.05) is 43.4 Å². The lowest BCUT2D eigenvalue weighted by Crippen LogP contribution is -2.25. The van der Waals surface area contributed by atoms with Crippen molar-refractivity contribution < 1.29 is 5.21 Å². The number of amidine groups is 1. The zero-order valence-electron chi connectivity index (χ0n) is 11.7. The number of benzene rings is 1. The van der Waals surface area contributed by atoms with Crippen LogP contribution in [0.4, 0.5) is 5.69 Å². The Kier molecular flexibility index (Phi) is 5.16. The maximum Gasteiger partial charge on any atom is 0.172 e. The van der Waals surface area contributed by atoms with Gasteiger partial charge in [0.1, 0.15) is 0 Å². The van der Waals surface area contributed by atoms with Crippen molar-refractivity contribution in [2.24, 2.45) is 10.9 Å². The summed E-state index contributed by atoms with van der Waals surface area (Å²) < 4.78 is 0.881. The van der Waals surface area contributed by atoms with Gasteiger partial charge in [0.2, 0.25) is 0 Å². The van der Waals surface area contributed by atoms with Gasteiger partial charge in [0.05, 0.1) is 0 Å². The van der Waals surface area contributed by atoms with Crippen LogP contribution in [0.15, 0.2) is 52.2 Å². The van der Waals surface area contributed by atoms with E-state index in [1.54, 1.807) is 6.20 Å². The molecule has 0 saturated carbocycles. The molecule has 0 fully saturated rings. The Hall–Kier alpha value is -2.08. The molecule has 6 heteroatoms. The van der Waals surface area contributed by atoms with Crippen molar-refractivity contribution in [1.29, 1.82) is 0 Å². The Balaban J connectivity index is 2.17. The van der Waals surface area contributed by atoms with E-state index in [2.05, 4.69) is 31.0 Å². The van der Waals surface area contributed by atoms with E-state index in [0.717, 1.165) is 28.8 Å². The predicted molar refractivity (Wildman–Crippen MR) is 87.9 cm³/mol. The summed E-state index contributed by atoms with van der Waals surface area (Å²) in [7, 11) is 1.97. The largest absolute Gasteiger partial charge is 0.409 e. The van der Waals surface area contributed by atoms with E-state index >= 15 is 0 Å². The van der Waals surface area contributed by atoms with Gasteiger partial charge >= 0.3 is 0 Å². The van der Waals surface area contributed by atoms with Gasteiger partial charge in [0.15, 0.2) is 5.84 Å². The highest BCUT2D eigenvalue weighted by Crippen LogP contribution is 2.24. The maximum absolute atomic E-state index is 8.91. The smallest absolute Gasteiger partial charge is 0.172 e. The topological polar surface area (TPSA) is 74.7 Å². The van der Waals surface area contributed by atoms with Gasteiger partial charge in [-0.3, -0.25) is 4.98 Å². The molecule has 1 heterocycles. The molecule has 2 aromatic rings. The summed E-state index contributed by atoms with van der Waals surface area (Å²) in [5.74, 6) is 0.0935. The first-order chi connectivity index (χ1) is 10.1. The van der Waals surface area contributed by atoms with Gasteiger partial charge in [0, 0.05) is 47.6 Å². The van der Waals surface area contributed by atoms with E-state index in [0.29, 0.717) is 5.56 Å². The van der Waals surface area contributed by atoms with Crippen LogP contribution < -0.4 is 10.6 Å². The standard InChI is InChI=1S/C15H17BrN4O/c1-20(9-7-12-4-2-3-8-18-12)14-6-5-11(16)10-13(14)15(17)19-21/h2-6,8,10,21H,7,9H2,1H3,(H2,17,19). The second kappa shape index (κ2) is 7.08. The van der Waals surface area contributed by atoms with Gasteiger partial charge < -0.3 is 15.8 Å². The lowest BCUT2D eigenvalue weighted by molar-refractivity contribution is 0.318. The van der Waals surface area contributed by atoms with Crippen molar-refractivity contribution in [3.63, 3.8) is 0 Å². The predicted octanol–water partition coefficient (Wildman–Crippen LogP) is 2.62. The number of nitrogens with zero attached hydrogens (tertiary/aromatic N) is 3. The zero-order valence-corrected chi connectivity index (χ0v) is 13.3. The lowest BCUT2D eigenvalue weighted by Gasteiger charge is -2.22. The fraction of sp³-hybridized carbons (Fsp3) is 0.200. The Bertz CT molecular complexity index is 631. The highest BCUT2D eigenvalue weighted by atomic mass is 79.9. The van der Waals surface area contributed by atoms with E-state index in [1.165, 1.54) is 0 Å². The third-order valence-electron chi connectivity index (χ3n) is 3.18. The highest BCUT2D eigenvalue weighted by Gasteiger charge is 2.12. The molecule has 2 rings (SSSR count). The van der Waals surface area contributed by atoms with Crippen LogP contribution in [0.2, 0.25) is 0 Å². The van der Waals surface area contributed by atoms with Gasteiger partial charge in [-0.05, 0) is 30.3 Å². The molecule has 1 aromatic heterocycles. The van der Waals surface area contributed by atoms with Crippen molar-refractivity contribution in [2.45, 2.75) is 6.42 Å². The molecule has 0 bridgehead atoms. The van der Waals surface area contributed by atoms with E-state index in [4.69, 9.17) is 10.9 Å². The number of pyridine rings is 1. The Morgan fingerprint density at radius 1 is 1.38 bits per heavy atom. The normalized spacial score (nSPS) is 11.4. The molecule has 1 aromatic carbocycles. The molecule has 0 aliphatic carbocycles. The zero-order chi connectivity index (χ0) is 15.2. The summed E-state index contributed by atoms with van der Waals surface area (Å²) in [5, 5.41) is 12.0. The molecule has 0 saturated heterocycles. The number of hydrogen-bond acceptors (Lipinski definition) is 4. The summed E-state index contributed by atoms with van der Waals surface area (Å²) in [5.41, 5.74) is 8.38. The molecule has 5 nitrogen and oxygen atoms in total. The van der Waals surface area contributed by atoms with Crippen LogP contribution in [0.25, 0.3) is 0 Å².